The number of hydrogen-bond acceptors (Lipinski definition) is 5. The number of carbonyl (C=O) groups is 2. The maximum atomic E-state index is 14.8. The highest BCUT2D eigenvalue weighted by Gasteiger charge is 2.75. The summed E-state index contributed by atoms with van der Waals surface area (Å²) in [7, 11) is 0. The van der Waals surface area contributed by atoms with Gasteiger partial charge in [0, 0.05) is 18.8 Å². The van der Waals surface area contributed by atoms with Crippen molar-refractivity contribution >= 4 is 17.6 Å². The van der Waals surface area contributed by atoms with Crippen molar-refractivity contribution in [3.63, 3.8) is 0 Å². The van der Waals surface area contributed by atoms with E-state index >= 15 is 0 Å². The molecule has 0 aromatic heterocycles. The van der Waals surface area contributed by atoms with E-state index in [0.29, 0.717) is 29.9 Å². The van der Waals surface area contributed by atoms with Gasteiger partial charge in [0.25, 0.3) is 0 Å². The molecule has 0 saturated heterocycles. The highest BCUT2D eigenvalue weighted by Crippen LogP contribution is 2.78. The fourth-order valence-electron chi connectivity index (χ4n) is 14.9. The zero-order valence-corrected chi connectivity index (χ0v) is 35.5. The Bertz CT molecular complexity index is 1870. The number of hydrogen-bond donors (Lipinski definition) is 1. The molecule has 0 radical (unpaired) electrons. The Hall–Kier alpha value is -2.99. The molecule has 1 N–H and O–H groups in total. The topological polar surface area (TPSA) is 79.2 Å². The third kappa shape index (κ3) is 5.59. The Balaban J connectivity index is 1.07. The first kappa shape index (κ1) is 38.9. The molecular weight excluding hydrogens is 681 g/mol. The smallest absolute Gasteiger partial charge is 0.344 e. The second kappa shape index (κ2) is 13.0. The summed E-state index contributed by atoms with van der Waals surface area (Å²) >= 11 is 0. The van der Waals surface area contributed by atoms with Crippen LogP contribution in [0.3, 0.4) is 0 Å². The number of rotatable bonds is 4. The molecule has 1 amide bonds. The van der Waals surface area contributed by atoms with Crippen molar-refractivity contribution in [3.05, 3.63) is 65.2 Å². The van der Waals surface area contributed by atoms with E-state index in [4.69, 9.17) is 9.84 Å². The van der Waals surface area contributed by atoms with Gasteiger partial charge in [-0.1, -0.05) is 97.4 Å². The number of aliphatic hydroxyl groups is 1. The van der Waals surface area contributed by atoms with Crippen molar-refractivity contribution in [2.24, 2.45) is 67.7 Å². The average Bonchev–Trinajstić information content (AvgIpc) is 3.59. The molecule has 6 nitrogen and oxygen atoms in total. The lowest BCUT2D eigenvalue weighted by Crippen LogP contribution is -2.73. The summed E-state index contributed by atoms with van der Waals surface area (Å²) in [5.74, 6) is 3.17. The first-order valence-corrected chi connectivity index (χ1v) is 21.8. The maximum absolute atomic E-state index is 14.8. The summed E-state index contributed by atoms with van der Waals surface area (Å²) in [6, 6.07) is 15.6. The molecule has 5 fully saturated rings. The molecular formula is C49H68N2O4. The van der Waals surface area contributed by atoms with E-state index in [1.807, 2.05) is 24.3 Å². The minimum absolute atomic E-state index is 0.0177. The second-order valence-electron chi connectivity index (χ2n) is 21.3. The minimum atomic E-state index is -1.59. The van der Waals surface area contributed by atoms with Crippen molar-refractivity contribution in [2.45, 2.75) is 152 Å². The van der Waals surface area contributed by atoms with Crippen LogP contribution in [-0.2, 0) is 9.59 Å². The lowest BCUT2D eigenvalue weighted by atomic mass is 9.30. The molecule has 1 heterocycles. The Morgan fingerprint density at radius 3 is 2.15 bits per heavy atom. The summed E-state index contributed by atoms with van der Waals surface area (Å²) in [6.45, 7) is 23.6. The fraction of sp³-hybridized carbons (Fsp3) is 0.694. The Labute approximate surface area is 331 Å². The first-order valence-electron chi connectivity index (χ1n) is 21.8. The van der Waals surface area contributed by atoms with Crippen LogP contribution in [0.4, 0.5) is 0 Å². The first-order chi connectivity index (χ1) is 25.8. The molecule has 6 aliphatic rings. The van der Waals surface area contributed by atoms with Gasteiger partial charge in [0.2, 0.25) is 5.91 Å². The number of hydrazone groups is 1. The lowest BCUT2D eigenvalue weighted by Gasteiger charge is -2.75. The normalized spacial score (nSPS) is 43.3. The van der Waals surface area contributed by atoms with Crippen molar-refractivity contribution in [1.82, 2.24) is 5.01 Å². The molecule has 8 rings (SSSR count). The van der Waals surface area contributed by atoms with Crippen LogP contribution in [-0.4, -0.2) is 33.3 Å². The number of ether oxygens (including phenoxy) is 1. The van der Waals surface area contributed by atoms with Crippen LogP contribution in [0.15, 0.2) is 53.6 Å². The largest absolute Gasteiger partial charge is 0.424 e. The van der Waals surface area contributed by atoms with Gasteiger partial charge in [0.1, 0.15) is 5.75 Å². The molecule has 5 aliphatic carbocycles. The maximum Gasteiger partial charge on any atom is 0.344 e. The van der Waals surface area contributed by atoms with Gasteiger partial charge in [0.05, 0.1) is 11.8 Å². The Kier molecular flexibility index (Phi) is 9.20. The van der Waals surface area contributed by atoms with Crippen molar-refractivity contribution < 1.29 is 19.4 Å². The van der Waals surface area contributed by atoms with Crippen LogP contribution in [0.1, 0.15) is 156 Å². The van der Waals surface area contributed by atoms with Gasteiger partial charge in [-0.05, 0) is 152 Å². The van der Waals surface area contributed by atoms with Gasteiger partial charge >= 0.3 is 5.97 Å². The molecule has 6 heteroatoms. The van der Waals surface area contributed by atoms with Gasteiger partial charge in [-0.15, -0.1) is 0 Å². The molecule has 2 aromatic carbocycles. The van der Waals surface area contributed by atoms with Gasteiger partial charge in [-0.3, -0.25) is 4.79 Å². The van der Waals surface area contributed by atoms with Crippen LogP contribution >= 0.6 is 0 Å². The number of esters is 1. The average molecular weight is 749 g/mol. The van der Waals surface area contributed by atoms with E-state index in [1.165, 1.54) is 44.1 Å². The van der Waals surface area contributed by atoms with E-state index < -0.39 is 17.0 Å². The molecule has 12 atom stereocenters. The minimum Gasteiger partial charge on any atom is -0.424 e. The molecule has 0 bridgehead atoms. The van der Waals surface area contributed by atoms with Gasteiger partial charge in [-0.25, -0.2) is 9.80 Å². The lowest BCUT2D eigenvalue weighted by molar-refractivity contribution is -0.290. The number of benzene rings is 2. The number of aryl methyl sites for hydroxylation is 1. The van der Waals surface area contributed by atoms with Gasteiger partial charge in [-0.2, -0.15) is 5.10 Å². The third-order valence-corrected chi connectivity index (χ3v) is 18.5. The number of nitrogens with zero attached hydrogens (tertiary/aromatic N) is 2. The summed E-state index contributed by atoms with van der Waals surface area (Å²) in [5, 5.41) is 19.5. The second-order valence-corrected chi connectivity index (χ2v) is 21.3. The fourth-order valence-corrected chi connectivity index (χ4v) is 14.9. The van der Waals surface area contributed by atoms with Crippen LogP contribution < -0.4 is 4.74 Å². The quantitative estimate of drug-likeness (QED) is 0.249. The highest BCUT2D eigenvalue weighted by molar-refractivity contribution is 6.03. The van der Waals surface area contributed by atoms with Crippen LogP contribution in [0.5, 0.6) is 5.75 Å². The summed E-state index contributed by atoms with van der Waals surface area (Å²) in [6.07, 6.45) is 11.5. The highest BCUT2D eigenvalue weighted by atomic mass is 16.6. The molecule has 1 aliphatic heterocycles. The zero-order valence-electron chi connectivity index (χ0n) is 35.5. The van der Waals surface area contributed by atoms with Crippen LogP contribution in [0.2, 0.25) is 0 Å². The van der Waals surface area contributed by atoms with E-state index in [9.17, 15) is 14.7 Å². The van der Waals surface area contributed by atoms with E-state index in [2.05, 4.69) is 86.6 Å². The summed E-state index contributed by atoms with van der Waals surface area (Å²) < 4.78 is 6.29. The molecule has 298 valence electrons. The van der Waals surface area contributed by atoms with Gasteiger partial charge in [0.15, 0.2) is 5.60 Å². The predicted octanol–water partition coefficient (Wildman–Crippen LogP) is 11.1. The summed E-state index contributed by atoms with van der Waals surface area (Å²) in [5.41, 5.74) is 2.43. The molecule has 2 unspecified atom stereocenters. The number of amides is 1. The monoisotopic (exact) mass is 749 g/mol. The van der Waals surface area contributed by atoms with Crippen molar-refractivity contribution in [1.29, 1.82) is 0 Å². The van der Waals surface area contributed by atoms with E-state index in [1.54, 1.807) is 11.9 Å². The zero-order chi connectivity index (χ0) is 39.5. The summed E-state index contributed by atoms with van der Waals surface area (Å²) in [4.78, 5) is 27.5. The Morgan fingerprint density at radius 1 is 0.782 bits per heavy atom. The predicted molar refractivity (Wildman–Crippen MR) is 219 cm³/mol. The van der Waals surface area contributed by atoms with Crippen LogP contribution in [0, 0.1) is 69.5 Å². The molecule has 55 heavy (non-hydrogen) atoms. The molecule has 0 spiro atoms. The number of carbonyl (C=O) groups excluding carboxylic acids is 2. The third-order valence-electron chi connectivity index (χ3n) is 18.5. The molecule has 2 aromatic rings. The van der Waals surface area contributed by atoms with Crippen molar-refractivity contribution in [2.75, 3.05) is 0 Å². The van der Waals surface area contributed by atoms with Crippen LogP contribution in [0.25, 0.3) is 0 Å². The number of fused-ring (bicyclic) bond motifs is 7. The Morgan fingerprint density at radius 2 is 1.47 bits per heavy atom. The SMILES string of the molecule is CC(=O)N1N=C(c2ccc(C)cc2)CC1c1ccc(OC(=O)C2(O)CCC(C)(C)[C@@H]3CC[C@]4(C)[C@H](CC[C@@H]5[C@@H]6[C@@H](C)[C@H](C)CC[C@]6(C)CC[C@]54C)[C@]32C)cc1. The van der Waals surface area contributed by atoms with Crippen molar-refractivity contribution in [3.8, 4) is 5.75 Å². The van der Waals surface area contributed by atoms with E-state index in [0.717, 1.165) is 53.9 Å². The van der Waals surface area contributed by atoms with E-state index in [-0.39, 0.29) is 40.0 Å². The molecule has 5 saturated carbocycles. The van der Waals surface area contributed by atoms with Gasteiger partial charge < -0.3 is 9.84 Å². The standard InChI is InChI=1S/C49H68N2O4/c1-30-11-13-34(14-12-30)38-29-39(51(50-38)33(4)52)35-15-17-36(18-16-35)55-43(53)49(54)28-25-44(5,6)40-22-24-47(9)41(48(40,49)10)20-19-37-42-32(3)31(2)21-23-45(42,7)26-27-46(37,47)8/h11-18,31-32,37,39-42,54H,19-29H2,1-10H3/t31-,32+,37-,39?,40+,41+,42+,45-,46-,47-,48+,49?/m1/s1.